The van der Waals surface area contributed by atoms with Crippen molar-refractivity contribution in [2.75, 3.05) is 6.54 Å². The quantitative estimate of drug-likeness (QED) is 0.648. The molecule has 2 aliphatic rings. The number of carbonyl (C=O) groups excluding carboxylic acids is 2. The molecule has 1 aliphatic heterocycles. The van der Waals surface area contributed by atoms with Gasteiger partial charge in [0.15, 0.2) is 0 Å². The first kappa shape index (κ1) is 14.3. The van der Waals surface area contributed by atoms with Crippen LogP contribution in [0, 0.1) is 5.92 Å². The summed E-state index contributed by atoms with van der Waals surface area (Å²) in [6.07, 6.45) is 4.48. The van der Waals surface area contributed by atoms with Crippen LogP contribution in [0.1, 0.15) is 38.5 Å². The molecule has 6 nitrogen and oxygen atoms in total. The number of carbonyl (C=O) groups is 2. The number of rotatable bonds is 4. The van der Waals surface area contributed by atoms with Gasteiger partial charge in [-0.15, -0.1) is 0 Å². The van der Waals surface area contributed by atoms with Crippen LogP contribution in [0.2, 0.25) is 0 Å². The molecule has 0 aromatic carbocycles. The molecule has 5 N–H and O–H groups in total. The first-order chi connectivity index (χ1) is 9.10. The zero-order valence-corrected chi connectivity index (χ0v) is 11.1. The second kappa shape index (κ2) is 6.34. The summed E-state index contributed by atoms with van der Waals surface area (Å²) in [6.45, 7) is 0.455. The van der Waals surface area contributed by atoms with Gasteiger partial charge in [0.05, 0.1) is 6.10 Å². The Morgan fingerprint density at radius 3 is 2.63 bits per heavy atom. The molecule has 1 aliphatic carbocycles. The highest BCUT2D eigenvalue weighted by Crippen LogP contribution is 2.25. The number of amides is 2. The standard InChI is InChI=1S/C13H23N3O3/c14-7-10-4-5-11(19-10)13(18)16-9-3-1-2-8(6-9)12(15)17/h8-11H,1-7,14H2,(H2,15,17)(H,16,18)/t8?,9?,10-,11+/m1/s1. The van der Waals surface area contributed by atoms with E-state index < -0.39 is 0 Å². The molecular weight excluding hydrogens is 246 g/mol. The molecule has 19 heavy (non-hydrogen) atoms. The molecule has 0 radical (unpaired) electrons. The van der Waals surface area contributed by atoms with E-state index in [1.165, 1.54) is 0 Å². The molecule has 2 unspecified atom stereocenters. The Labute approximate surface area is 113 Å². The SMILES string of the molecule is NC[C@H]1CC[C@@H](C(=O)NC2CCCC(C(N)=O)C2)O1. The smallest absolute Gasteiger partial charge is 0.249 e. The molecule has 108 valence electrons. The fourth-order valence-corrected chi connectivity index (χ4v) is 2.95. The zero-order chi connectivity index (χ0) is 13.8. The second-order valence-corrected chi connectivity index (χ2v) is 5.53. The largest absolute Gasteiger partial charge is 0.369 e. The Bertz CT molecular complexity index is 348. The van der Waals surface area contributed by atoms with E-state index in [0.29, 0.717) is 13.0 Å². The van der Waals surface area contributed by atoms with Gasteiger partial charge in [-0.3, -0.25) is 9.59 Å². The molecule has 1 heterocycles. The number of nitrogens with one attached hydrogen (secondary N) is 1. The molecule has 4 atom stereocenters. The average molecular weight is 269 g/mol. The maximum Gasteiger partial charge on any atom is 0.249 e. The van der Waals surface area contributed by atoms with Crippen molar-refractivity contribution in [3.8, 4) is 0 Å². The van der Waals surface area contributed by atoms with E-state index in [0.717, 1.165) is 32.1 Å². The van der Waals surface area contributed by atoms with Gasteiger partial charge in [-0.1, -0.05) is 6.42 Å². The Kier molecular flexibility index (Phi) is 4.76. The Balaban J connectivity index is 1.80. The summed E-state index contributed by atoms with van der Waals surface area (Å²) in [5.74, 6) is -0.453. The van der Waals surface area contributed by atoms with E-state index in [-0.39, 0.29) is 36.0 Å². The van der Waals surface area contributed by atoms with E-state index in [9.17, 15) is 9.59 Å². The van der Waals surface area contributed by atoms with Gasteiger partial charge in [0, 0.05) is 18.5 Å². The summed E-state index contributed by atoms with van der Waals surface area (Å²) in [5.41, 5.74) is 10.9. The van der Waals surface area contributed by atoms with Crippen LogP contribution in [0.5, 0.6) is 0 Å². The van der Waals surface area contributed by atoms with E-state index in [1.807, 2.05) is 0 Å². The Morgan fingerprint density at radius 1 is 1.21 bits per heavy atom. The van der Waals surface area contributed by atoms with Crippen LogP contribution in [0.3, 0.4) is 0 Å². The lowest BCUT2D eigenvalue weighted by Crippen LogP contribution is -2.45. The van der Waals surface area contributed by atoms with Crippen LogP contribution in [-0.2, 0) is 14.3 Å². The number of hydrogen-bond donors (Lipinski definition) is 3. The van der Waals surface area contributed by atoms with Gasteiger partial charge in [-0.2, -0.15) is 0 Å². The van der Waals surface area contributed by atoms with Crippen LogP contribution >= 0.6 is 0 Å². The van der Waals surface area contributed by atoms with Gasteiger partial charge in [-0.25, -0.2) is 0 Å². The van der Waals surface area contributed by atoms with Crippen molar-refractivity contribution in [2.45, 2.75) is 56.8 Å². The molecule has 1 saturated carbocycles. The van der Waals surface area contributed by atoms with E-state index in [1.54, 1.807) is 0 Å². The minimum absolute atomic E-state index is 0.000439. The number of primary amides is 1. The molecule has 0 aromatic heterocycles. The van der Waals surface area contributed by atoms with Crippen molar-refractivity contribution in [3.63, 3.8) is 0 Å². The summed E-state index contributed by atoms with van der Waals surface area (Å²) >= 11 is 0. The van der Waals surface area contributed by atoms with Gasteiger partial charge in [-0.05, 0) is 32.1 Å². The highest BCUT2D eigenvalue weighted by atomic mass is 16.5. The van der Waals surface area contributed by atoms with Crippen molar-refractivity contribution in [2.24, 2.45) is 17.4 Å². The minimum atomic E-state index is -0.387. The fourth-order valence-electron chi connectivity index (χ4n) is 2.95. The first-order valence-corrected chi connectivity index (χ1v) is 7.05. The molecule has 2 amide bonds. The third-order valence-corrected chi connectivity index (χ3v) is 4.09. The van der Waals surface area contributed by atoms with Crippen LogP contribution in [0.25, 0.3) is 0 Å². The van der Waals surface area contributed by atoms with E-state index >= 15 is 0 Å². The van der Waals surface area contributed by atoms with Gasteiger partial charge < -0.3 is 21.5 Å². The van der Waals surface area contributed by atoms with Crippen LogP contribution < -0.4 is 16.8 Å². The molecule has 2 fully saturated rings. The number of hydrogen-bond acceptors (Lipinski definition) is 4. The summed E-state index contributed by atoms with van der Waals surface area (Å²) in [6, 6.07) is 0.0410. The monoisotopic (exact) mass is 269 g/mol. The van der Waals surface area contributed by atoms with Crippen molar-refractivity contribution < 1.29 is 14.3 Å². The van der Waals surface area contributed by atoms with E-state index in [4.69, 9.17) is 16.2 Å². The minimum Gasteiger partial charge on any atom is -0.369 e. The lowest BCUT2D eigenvalue weighted by Gasteiger charge is -2.28. The first-order valence-electron chi connectivity index (χ1n) is 7.05. The molecule has 6 heteroatoms. The van der Waals surface area contributed by atoms with Crippen molar-refractivity contribution in [3.05, 3.63) is 0 Å². The Morgan fingerprint density at radius 2 is 2.00 bits per heavy atom. The van der Waals surface area contributed by atoms with Crippen LogP contribution in [0.4, 0.5) is 0 Å². The number of ether oxygens (including phenoxy) is 1. The third kappa shape index (κ3) is 3.67. The number of nitrogens with two attached hydrogens (primary N) is 2. The maximum absolute atomic E-state index is 12.1. The average Bonchev–Trinajstić information content (AvgIpc) is 2.88. The Hall–Kier alpha value is -1.14. The summed E-state index contributed by atoms with van der Waals surface area (Å²) in [5, 5.41) is 2.98. The van der Waals surface area contributed by atoms with E-state index in [2.05, 4.69) is 5.32 Å². The van der Waals surface area contributed by atoms with Gasteiger partial charge in [0.1, 0.15) is 6.10 Å². The molecule has 1 saturated heterocycles. The molecule has 0 spiro atoms. The lowest BCUT2D eigenvalue weighted by atomic mass is 9.85. The lowest BCUT2D eigenvalue weighted by molar-refractivity contribution is -0.133. The second-order valence-electron chi connectivity index (χ2n) is 5.53. The summed E-state index contributed by atoms with van der Waals surface area (Å²) in [7, 11) is 0. The maximum atomic E-state index is 12.1. The molecule has 0 bridgehead atoms. The van der Waals surface area contributed by atoms with Crippen LogP contribution in [0.15, 0.2) is 0 Å². The van der Waals surface area contributed by atoms with Crippen molar-refractivity contribution in [1.29, 1.82) is 0 Å². The van der Waals surface area contributed by atoms with Gasteiger partial charge in [0.25, 0.3) is 0 Å². The van der Waals surface area contributed by atoms with Crippen LogP contribution in [-0.4, -0.2) is 36.6 Å². The zero-order valence-electron chi connectivity index (χ0n) is 11.1. The fraction of sp³-hybridized carbons (Fsp3) is 0.846. The highest BCUT2D eigenvalue weighted by molar-refractivity contribution is 5.81. The molecular formula is C13H23N3O3. The predicted molar refractivity (Wildman–Crippen MR) is 70.0 cm³/mol. The van der Waals surface area contributed by atoms with Gasteiger partial charge in [0.2, 0.25) is 11.8 Å². The normalized spacial score (nSPS) is 35.0. The van der Waals surface area contributed by atoms with Crippen molar-refractivity contribution in [1.82, 2.24) is 5.32 Å². The summed E-state index contributed by atoms with van der Waals surface area (Å²) < 4.78 is 5.56. The van der Waals surface area contributed by atoms with Gasteiger partial charge >= 0.3 is 0 Å². The topological polar surface area (TPSA) is 107 Å². The highest BCUT2D eigenvalue weighted by Gasteiger charge is 2.32. The van der Waals surface area contributed by atoms with Crippen molar-refractivity contribution >= 4 is 11.8 Å². The molecule has 2 rings (SSSR count). The third-order valence-electron chi connectivity index (χ3n) is 4.09. The summed E-state index contributed by atoms with van der Waals surface area (Å²) in [4.78, 5) is 23.3. The predicted octanol–water partition coefficient (Wildman–Crippen LogP) is -0.347. The molecule has 0 aromatic rings.